The van der Waals surface area contributed by atoms with Gasteiger partial charge in [-0.3, -0.25) is 9.69 Å². The van der Waals surface area contributed by atoms with Crippen LogP contribution in [0.4, 0.5) is 5.69 Å². The largest absolute Gasteiger partial charge is 0.321 e. The molecule has 1 N–H and O–H groups in total. The van der Waals surface area contributed by atoms with E-state index < -0.39 is 0 Å². The fraction of sp³-hybridized carbons (Fsp3) is 0.444. The van der Waals surface area contributed by atoms with Crippen molar-refractivity contribution in [1.29, 1.82) is 0 Å². The van der Waals surface area contributed by atoms with Gasteiger partial charge in [0.1, 0.15) is 4.88 Å². The predicted octanol–water partition coefficient (Wildman–Crippen LogP) is 4.00. The lowest BCUT2D eigenvalue weighted by atomic mass is 10.1. The second-order valence-corrected chi connectivity index (χ2v) is 7.30. The molecule has 1 fully saturated rings. The topological polar surface area (TPSA) is 45.2 Å². The molecule has 4 nitrogen and oxygen atoms in total. The third kappa shape index (κ3) is 3.98. The standard InChI is InChI=1S/C18H23N3OS/c1-13-17(23-14(2)19-13)18(22)20-16-9-5-4-8-15(16)12-21-10-6-3-7-11-21/h4-5,8-9H,3,6-7,10-12H2,1-2H3,(H,20,22). The molecule has 23 heavy (non-hydrogen) atoms. The number of likely N-dealkylation sites (tertiary alicyclic amines) is 1. The maximum Gasteiger partial charge on any atom is 0.267 e. The third-order valence-electron chi connectivity index (χ3n) is 4.22. The van der Waals surface area contributed by atoms with Crippen LogP contribution in [0.5, 0.6) is 0 Å². The molecule has 1 saturated heterocycles. The van der Waals surface area contributed by atoms with Gasteiger partial charge in [-0.15, -0.1) is 11.3 Å². The number of nitrogens with one attached hydrogen (secondary N) is 1. The SMILES string of the molecule is Cc1nc(C)c(C(=O)Nc2ccccc2CN2CCCCC2)s1. The van der Waals surface area contributed by atoms with Gasteiger partial charge in [-0.1, -0.05) is 24.6 Å². The first-order chi connectivity index (χ1) is 11.1. The Kier molecular flexibility index (Phi) is 5.08. The van der Waals surface area contributed by atoms with E-state index in [0.29, 0.717) is 4.88 Å². The number of carbonyl (C=O) groups excluding carboxylic acids is 1. The zero-order valence-electron chi connectivity index (χ0n) is 13.8. The minimum absolute atomic E-state index is 0.0563. The maximum atomic E-state index is 12.5. The zero-order valence-corrected chi connectivity index (χ0v) is 14.6. The summed E-state index contributed by atoms with van der Waals surface area (Å²) in [7, 11) is 0. The zero-order chi connectivity index (χ0) is 16.2. The number of anilines is 1. The summed E-state index contributed by atoms with van der Waals surface area (Å²) >= 11 is 1.45. The van der Waals surface area contributed by atoms with E-state index in [1.165, 1.54) is 36.2 Å². The minimum atomic E-state index is -0.0563. The number of rotatable bonds is 4. The van der Waals surface area contributed by atoms with Gasteiger partial charge >= 0.3 is 0 Å². The predicted molar refractivity (Wildman–Crippen MR) is 95.1 cm³/mol. The highest BCUT2D eigenvalue weighted by atomic mass is 32.1. The van der Waals surface area contributed by atoms with Crippen molar-refractivity contribution in [1.82, 2.24) is 9.88 Å². The average Bonchev–Trinajstić information content (AvgIpc) is 2.89. The molecule has 0 atom stereocenters. The summed E-state index contributed by atoms with van der Waals surface area (Å²) in [5, 5.41) is 4.00. The van der Waals surface area contributed by atoms with Crippen molar-refractivity contribution in [3.8, 4) is 0 Å². The van der Waals surface area contributed by atoms with Crippen LogP contribution in [-0.4, -0.2) is 28.9 Å². The molecule has 0 spiro atoms. The van der Waals surface area contributed by atoms with Crippen molar-refractivity contribution in [3.05, 3.63) is 45.4 Å². The number of aromatic nitrogens is 1. The number of nitrogens with zero attached hydrogens (tertiary/aromatic N) is 2. The Morgan fingerprint density at radius 2 is 1.96 bits per heavy atom. The van der Waals surface area contributed by atoms with Crippen LogP contribution in [0.3, 0.4) is 0 Å². The minimum Gasteiger partial charge on any atom is -0.321 e. The summed E-state index contributed by atoms with van der Waals surface area (Å²) in [5.74, 6) is -0.0563. The molecule has 0 saturated carbocycles. The molecule has 1 aromatic carbocycles. The maximum absolute atomic E-state index is 12.5. The van der Waals surface area contributed by atoms with Gasteiger partial charge in [0.05, 0.1) is 10.7 Å². The third-order valence-corrected chi connectivity index (χ3v) is 5.29. The summed E-state index contributed by atoms with van der Waals surface area (Å²) in [4.78, 5) is 20.1. The van der Waals surface area contributed by atoms with E-state index in [2.05, 4.69) is 21.3 Å². The molecule has 1 aliphatic heterocycles. The van der Waals surface area contributed by atoms with Gasteiger partial charge in [-0.05, 0) is 51.4 Å². The summed E-state index contributed by atoms with van der Waals surface area (Å²) in [6.45, 7) is 7.01. The van der Waals surface area contributed by atoms with Crippen LogP contribution < -0.4 is 5.32 Å². The first kappa shape index (κ1) is 16.1. The molecular formula is C18H23N3OS. The fourth-order valence-corrected chi connectivity index (χ4v) is 3.87. The van der Waals surface area contributed by atoms with E-state index in [1.807, 2.05) is 32.0 Å². The Hall–Kier alpha value is -1.72. The lowest BCUT2D eigenvalue weighted by molar-refractivity contribution is 0.102. The van der Waals surface area contributed by atoms with Crippen LogP contribution in [0, 0.1) is 13.8 Å². The Labute approximate surface area is 141 Å². The molecule has 5 heteroatoms. The smallest absolute Gasteiger partial charge is 0.267 e. The number of carbonyl (C=O) groups is 1. The molecule has 122 valence electrons. The molecule has 0 bridgehead atoms. The quantitative estimate of drug-likeness (QED) is 0.922. The highest BCUT2D eigenvalue weighted by molar-refractivity contribution is 7.13. The van der Waals surface area contributed by atoms with Crippen LogP contribution in [0.2, 0.25) is 0 Å². The highest BCUT2D eigenvalue weighted by Gasteiger charge is 2.17. The van der Waals surface area contributed by atoms with E-state index >= 15 is 0 Å². The van der Waals surface area contributed by atoms with E-state index in [9.17, 15) is 4.79 Å². The Morgan fingerprint density at radius 1 is 1.22 bits per heavy atom. The molecular weight excluding hydrogens is 306 g/mol. The van der Waals surface area contributed by atoms with Crippen molar-refractivity contribution in [3.63, 3.8) is 0 Å². The van der Waals surface area contributed by atoms with Gasteiger partial charge in [0.2, 0.25) is 0 Å². The lowest BCUT2D eigenvalue weighted by Crippen LogP contribution is -2.29. The molecule has 0 aliphatic carbocycles. The number of hydrogen-bond donors (Lipinski definition) is 1. The second-order valence-electron chi connectivity index (χ2n) is 6.10. The summed E-state index contributed by atoms with van der Waals surface area (Å²) in [5.41, 5.74) is 2.90. The number of thiazole rings is 1. The Morgan fingerprint density at radius 3 is 2.65 bits per heavy atom. The molecule has 2 heterocycles. The first-order valence-corrected chi connectivity index (χ1v) is 9.01. The monoisotopic (exact) mass is 329 g/mol. The summed E-state index contributed by atoms with van der Waals surface area (Å²) in [6.07, 6.45) is 3.88. The normalized spacial score (nSPS) is 15.6. The summed E-state index contributed by atoms with van der Waals surface area (Å²) < 4.78 is 0. The van der Waals surface area contributed by atoms with E-state index in [0.717, 1.165) is 36.0 Å². The first-order valence-electron chi connectivity index (χ1n) is 8.19. The molecule has 2 aromatic rings. The molecule has 3 rings (SSSR count). The van der Waals surface area contributed by atoms with E-state index in [4.69, 9.17) is 0 Å². The van der Waals surface area contributed by atoms with Crippen molar-refractivity contribution in [2.45, 2.75) is 39.7 Å². The fourth-order valence-electron chi connectivity index (χ4n) is 3.06. The van der Waals surface area contributed by atoms with Crippen molar-refractivity contribution in [2.75, 3.05) is 18.4 Å². The number of amides is 1. The van der Waals surface area contributed by atoms with Crippen LogP contribution in [0.1, 0.15) is 45.2 Å². The number of benzene rings is 1. The molecule has 0 radical (unpaired) electrons. The van der Waals surface area contributed by atoms with Crippen molar-refractivity contribution >= 4 is 22.9 Å². The number of piperidine rings is 1. The van der Waals surface area contributed by atoms with Crippen LogP contribution >= 0.6 is 11.3 Å². The van der Waals surface area contributed by atoms with Crippen molar-refractivity contribution in [2.24, 2.45) is 0 Å². The van der Waals surface area contributed by atoms with Gasteiger partial charge < -0.3 is 5.32 Å². The second kappa shape index (κ2) is 7.23. The van der Waals surface area contributed by atoms with Crippen molar-refractivity contribution < 1.29 is 4.79 Å². The Balaban J connectivity index is 1.74. The highest BCUT2D eigenvalue weighted by Crippen LogP contribution is 2.23. The van der Waals surface area contributed by atoms with Crippen LogP contribution in [-0.2, 0) is 6.54 Å². The molecule has 1 aliphatic rings. The lowest BCUT2D eigenvalue weighted by Gasteiger charge is -2.27. The van der Waals surface area contributed by atoms with Gasteiger partial charge in [0.15, 0.2) is 0 Å². The molecule has 1 aromatic heterocycles. The summed E-state index contributed by atoms with van der Waals surface area (Å²) in [6, 6.07) is 8.10. The Bertz CT molecular complexity index is 689. The van der Waals surface area contributed by atoms with Gasteiger partial charge in [-0.2, -0.15) is 0 Å². The van der Waals surface area contributed by atoms with E-state index in [1.54, 1.807) is 0 Å². The van der Waals surface area contributed by atoms with Crippen LogP contribution in [0.15, 0.2) is 24.3 Å². The number of hydrogen-bond acceptors (Lipinski definition) is 4. The van der Waals surface area contributed by atoms with Gasteiger partial charge in [0.25, 0.3) is 5.91 Å². The number of para-hydroxylation sites is 1. The van der Waals surface area contributed by atoms with Gasteiger partial charge in [0, 0.05) is 12.2 Å². The molecule has 1 amide bonds. The van der Waals surface area contributed by atoms with Gasteiger partial charge in [-0.25, -0.2) is 4.98 Å². The van der Waals surface area contributed by atoms with E-state index in [-0.39, 0.29) is 5.91 Å². The molecule has 0 unspecified atom stereocenters. The average molecular weight is 329 g/mol. The number of aryl methyl sites for hydroxylation is 2. The van der Waals surface area contributed by atoms with Crippen LogP contribution in [0.25, 0.3) is 0 Å².